The molecule has 0 radical (unpaired) electrons. The minimum atomic E-state index is -0.409. The van der Waals surface area contributed by atoms with E-state index in [4.69, 9.17) is 0 Å². The van der Waals surface area contributed by atoms with Crippen LogP contribution >= 0.6 is 0 Å². The smallest absolute Gasteiger partial charge is 0.266 e. The summed E-state index contributed by atoms with van der Waals surface area (Å²) < 4.78 is 2.16. The number of rotatable bonds is 3. The zero-order valence-corrected chi connectivity index (χ0v) is 23.3. The second-order valence-corrected chi connectivity index (χ2v) is 11.0. The molecule has 0 atom stereocenters. The molecule has 1 aromatic heterocycles. The van der Waals surface area contributed by atoms with Crippen molar-refractivity contribution in [3.05, 3.63) is 131 Å². The number of hydrogen-bond donors (Lipinski definition) is 0. The number of carbonyl (C=O) groups is 4. The number of aromatic nitrogens is 1. The predicted octanol–water partition coefficient (Wildman–Crippen LogP) is 6.79. The third-order valence-electron chi connectivity index (χ3n) is 8.45. The first kappa shape index (κ1) is 24.9. The van der Waals surface area contributed by atoms with Gasteiger partial charge >= 0.3 is 0 Å². The monoisotopic (exact) mass is 561 g/mol. The molecule has 2 aliphatic rings. The Bertz CT molecular complexity index is 2210. The molecule has 5 aromatic carbocycles. The Hall–Kier alpha value is -5.82. The average Bonchev–Trinajstić information content (AvgIpc) is 3.57. The Kier molecular flexibility index (Phi) is 5.12. The molecule has 2 aliphatic heterocycles. The van der Waals surface area contributed by atoms with Crippen molar-refractivity contribution in [3.8, 4) is 16.8 Å². The van der Waals surface area contributed by atoms with Crippen LogP contribution < -0.4 is 4.90 Å². The van der Waals surface area contributed by atoms with Crippen molar-refractivity contribution >= 4 is 51.1 Å². The van der Waals surface area contributed by atoms with Crippen molar-refractivity contribution in [3.63, 3.8) is 0 Å². The minimum Gasteiger partial charge on any atom is -0.309 e. The highest BCUT2D eigenvalue weighted by atomic mass is 16.2. The quantitative estimate of drug-likeness (QED) is 0.223. The minimum absolute atomic E-state index is 0.294. The zero-order chi connectivity index (χ0) is 29.6. The number of fused-ring (bicyclic) bond motifs is 5. The molecule has 3 heterocycles. The largest absolute Gasteiger partial charge is 0.309 e. The number of amides is 4. The standard InChI is InChI=1S/C36H23N3O4/c1-20-15-23(38-31-9-5-3-7-25(31)26-8-4-6-10-32(26)38)19-24(16-20)39-35(42)28-14-12-22(18-30(28)36(39)43)21-11-13-27-29(17-21)34(41)37(2)33(27)40/h3-19H,1-2H3. The van der Waals surface area contributed by atoms with Gasteiger partial charge in [-0.25, -0.2) is 4.90 Å². The van der Waals surface area contributed by atoms with Crippen LogP contribution in [0.4, 0.5) is 5.69 Å². The van der Waals surface area contributed by atoms with Gasteiger partial charge in [-0.1, -0.05) is 48.5 Å². The van der Waals surface area contributed by atoms with Gasteiger partial charge in [0.1, 0.15) is 0 Å². The molecular weight excluding hydrogens is 538 g/mol. The van der Waals surface area contributed by atoms with E-state index in [1.54, 1.807) is 36.4 Å². The molecule has 4 amide bonds. The van der Waals surface area contributed by atoms with Gasteiger partial charge in [-0.05, 0) is 78.2 Å². The van der Waals surface area contributed by atoms with Crippen LogP contribution in [0.1, 0.15) is 47.0 Å². The molecule has 206 valence electrons. The molecule has 0 N–H and O–H groups in total. The van der Waals surface area contributed by atoms with E-state index in [-0.39, 0.29) is 17.7 Å². The molecule has 0 aliphatic carbocycles. The van der Waals surface area contributed by atoms with Gasteiger partial charge in [-0.15, -0.1) is 0 Å². The van der Waals surface area contributed by atoms with Gasteiger partial charge in [0.05, 0.1) is 39.0 Å². The summed E-state index contributed by atoms with van der Waals surface area (Å²) in [4.78, 5) is 54.7. The third kappa shape index (κ3) is 3.48. The van der Waals surface area contributed by atoms with Crippen molar-refractivity contribution in [1.29, 1.82) is 0 Å². The lowest BCUT2D eigenvalue weighted by Crippen LogP contribution is -2.29. The fourth-order valence-corrected chi connectivity index (χ4v) is 6.40. The average molecular weight is 562 g/mol. The summed E-state index contributed by atoms with van der Waals surface area (Å²) in [5, 5.41) is 2.25. The first-order chi connectivity index (χ1) is 20.8. The van der Waals surface area contributed by atoms with Gasteiger partial charge in [0, 0.05) is 23.5 Å². The highest BCUT2D eigenvalue weighted by Gasteiger charge is 2.38. The van der Waals surface area contributed by atoms with Gasteiger partial charge in [0.15, 0.2) is 0 Å². The molecular formula is C36H23N3O4. The highest BCUT2D eigenvalue weighted by Crippen LogP contribution is 2.37. The van der Waals surface area contributed by atoms with Gasteiger partial charge in [0.2, 0.25) is 0 Å². The van der Waals surface area contributed by atoms with E-state index in [9.17, 15) is 19.2 Å². The van der Waals surface area contributed by atoms with E-state index in [1.165, 1.54) is 11.9 Å². The summed E-state index contributed by atoms with van der Waals surface area (Å²) >= 11 is 0. The molecule has 0 unspecified atom stereocenters. The summed E-state index contributed by atoms with van der Waals surface area (Å²) in [6.45, 7) is 1.95. The summed E-state index contributed by atoms with van der Waals surface area (Å²) in [6.07, 6.45) is 0. The Labute approximate surface area is 246 Å². The lowest BCUT2D eigenvalue weighted by atomic mass is 9.97. The van der Waals surface area contributed by atoms with Crippen LogP contribution in [-0.2, 0) is 0 Å². The van der Waals surface area contributed by atoms with Gasteiger partial charge < -0.3 is 4.57 Å². The number of benzene rings is 5. The zero-order valence-electron chi connectivity index (χ0n) is 23.3. The molecule has 0 saturated heterocycles. The fourth-order valence-electron chi connectivity index (χ4n) is 6.40. The maximum atomic E-state index is 13.8. The Balaban J connectivity index is 1.21. The van der Waals surface area contributed by atoms with Crippen molar-refractivity contribution in [2.75, 3.05) is 11.9 Å². The van der Waals surface area contributed by atoms with E-state index >= 15 is 0 Å². The number of nitrogens with zero attached hydrogens (tertiary/aromatic N) is 3. The van der Waals surface area contributed by atoms with E-state index in [1.807, 2.05) is 43.3 Å². The van der Waals surface area contributed by atoms with Crippen LogP contribution in [0.25, 0.3) is 38.6 Å². The van der Waals surface area contributed by atoms with Crippen LogP contribution in [0.15, 0.2) is 103 Å². The molecule has 0 saturated carbocycles. The lowest BCUT2D eigenvalue weighted by molar-refractivity contribution is 0.0692. The van der Waals surface area contributed by atoms with Crippen LogP contribution in [-0.4, -0.2) is 40.1 Å². The first-order valence-electron chi connectivity index (χ1n) is 13.9. The van der Waals surface area contributed by atoms with Crippen LogP contribution in [0.2, 0.25) is 0 Å². The van der Waals surface area contributed by atoms with Crippen molar-refractivity contribution < 1.29 is 19.2 Å². The van der Waals surface area contributed by atoms with Gasteiger partial charge in [-0.2, -0.15) is 0 Å². The van der Waals surface area contributed by atoms with E-state index < -0.39 is 5.91 Å². The number of carbonyl (C=O) groups excluding carboxylic acids is 4. The summed E-state index contributed by atoms with van der Waals surface area (Å²) in [7, 11) is 1.45. The molecule has 6 aromatic rings. The molecule has 7 heteroatoms. The second kappa shape index (κ2) is 8.84. The highest BCUT2D eigenvalue weighted by molar-refractivity contribution is 6.34. The molecule has 0 fully saturated rings. The van der Waals surface area contributed by atoms with Crippen molar-refractivity contribution in [1.82, 2.24) is 9.47 Å². The van der Waals surface area contributed by atoms with E-state index in [0.29, 0.717) is 39.1 Å². The number of anilines is 1. The first-order valence-corrected chi connectivity index (χ1v) is 13.9. The summed E-state index contributed by atoms with van der Waals surface area (Å²) in [6, 6.07) is 32.3. The Morgan fingerprint density at radius 3 is 1.60 bits per heavy atom. The number of hydrogen-bond acceptors (Lipinski definition) is 4. The van der Waals surface area contributed by atoms with Crippen molar-refractivity contribution in [2.24, 2.45) is 0 Å². The van der Waals surface area contributed by atoms with Gasteiger partial charge in [0.25, 0.3) is 23.6 Å². The van der Waals surface area contributed by atoms with Crippen LogP contribution in [0.3, 0.4) is 0 Å². The van der Waals surface area contributed by atoms with E-state index in [2.05, 4.69) is 34.9 Å². The maximum Gasteiger partial charge on any atom is 0.266 e. The predicted molar refractivity (Wildman–Crippen MR) is 165 cm³/mol. The molecule has 0 bridgehead atoms. The normalized spacial score (nSPS) is 14.4. The Morgan fingerprint density at radius 2 is 0.977 bits per heavy atom. The summed E-state index contributed by atoms with van der Waals surface area (Å²) in [5.41, 5.74) is 6.98. The molecule has 7 nitrogen and oxygen atoms in total. The fraction of sp³-hybridized carbons (Fsp3) is 0.0556. The number of para-hydroxylation sites is 2. The summed E-state index contributed by atoms with van der Waals surface area (Å²) in [5.74, 6) is -1.50. The van der Waals surface area contributed by atoms with E-state index in [0.717, 1.165) is 38.0 Å². The SMILES string of the molecule is Cc1cc(N2C(=O)c3ccc(-c4ccc5c(c4)C(=O)N(C)C5=O)cc3C2=O)cc(-n2c3ccccc3c3ccccc32)c1. The Morgan fingerprint density at radius 1 is 0.488 bits per heavy atom. The number of imide groups is 2. The number of aryl methyl sites for hydroxylation is 1. The lowest BCUT2D eigenvalue weighted by Gasteiger charge is -2.17. The molecule has 0 spiro atoms. The van der Waals surface area contributed by atoms with Crippen LogP contribution in [0, 0.1) is 6.92 Å². The second-order valence-electron chi connectivity index (χ2n) is 11.0. The molecule has 8 rings (SSSR count). The van der Waals surface area contributed by atoms with Crippen molar-refractivity contribution in [2.45, 2.75) is 6.92 Å². The van der Waals surface area contributed by atoms with Crippen LogP contribution in [0.5, 0.6) is 0 Å². The van der Waals surface area contributed by atoms with Gasteiger partial charge in [-0.3, -0.25) is 24.1 Å². The third-order valence-corrected chi connectivity index (χ3v) is 8.45. The molecule has 43 heavy (non-hydrogen) atoms. The maximum absolute atomic E-state index is 13.8. The topological polar surface area (TPSA) is 79.7 Å².